The molecule has 1 fully saturated rings. The molecule has 3 heterocycles. The second-order valence-electron chi connectivity index (χ2n) is 6.45. The van der Waals surface area contributed by atoms with Crippen LogP contribution in [0.25, 0.3) is 11.4 Å². The topological polar surface area (TPSA) is 62.2 Å². The molecule has 0 N–H and O–H groups in total. The van der Waals surface area contributed by atoms with Gasteiger partial charge in [-0.2, -0.15) is 0 Å². The van der Waals surface area contributed by atoms with Crippen molar-refractivity contribution in [1.29, 1.82) is 0 Å². The number of aromatic nitrogens is 3. The van der Waals surface area contributed by atoms with E-state index in [4.69, 9.17) is 4.98 Å². The minimum Gasteiger partial charge on any atom is -0.340 e. The van der Waals surface area contributed by atoms with Crippen LogP contribution in [0, 0.1) is 0 Å². The third kappa shape index (κ3) is 2.25. The Labute approximate surface area is 141 Å². The normalized spacial score (nSPS) is 20.8. The molecular formula is C18H21N5O. The Kier molecular flexibility index (Phi) is 3.67. The molecule has 0 saturated heterocycles. The number of rotatable bonds is 3. The van der Waals surface area contributed by atoms with E-state index in [-0.39, 0.29) is 11.9 Å². The zero-order valence-corrected chi connectivity index (χ0v) is 14.0. The second-order valence-corrected chi connectivity index (χ2v) is 6.45. The number of amides is 1. The van der Waals surface area contributed by atoms with Crippen molar-refractivity contribution in [2.45, 2.75) is 44.7 Å². The van der Waals surface area contributed by atoms with Crippen molar-refractivity contribution in [3.05, 3.63) is 30.7 Å². The number of fused-ring (bicyclic) bond motifs is 1. The molecule has 1 saturated carbocycles. The number of nitrogens with zero attached hydrogens (tertiary/aromatic N) is 5. The molecule has 1 aliphatic heterocycles. The van der Waals surface area contributed by atoms with Crippen LogP contribution in [0.4, 0.5) is 11.5 Å². The molecule has 124 valence electrons. The van der Waals surface area contributed by atoms with Crippen LogP contribution in [0.5, 0.6) is 0 Å². The first-order valence-electron chi connectivity index (χ1n) is 8.54. The summed E-state index contributed by atoms with van der Waals surface area (Å²) >= 11 is 0. The van der Waals surface area contributed by atoms with Crippen molar-refractivity contribution < 1.29 is 4.79 Å². The summed E-state index contributed by atoms with van der Waals surface area (Å²) in [5.74, 6) is 1.70. The monoisotopic (exact) mass is 323 g/mol. The fraction of sp³-hybridized carbons (Fsp3) is 0.444. The summed E-state index contributed by atoms with van der Waals surface area (Å²) in [6.45, 7) is 2.07. The van der Waals surface area contributed by atoms with Gasteiger partial charge in [0.1, 0.15) is 11.7 Å². The number of hydrogen-bond acceptors (Lipinski definition) is 5. The van der Waals surface area contributed by atoms with E-state index < -0.39 is 0 Å². The molecular weight excluding hydrogens is 302 g/mol. The lowest BCUT2D eigenvalue weighted by Crippen LogP contribution is -2.57. The predicted molar refractivity (Wildman–Crippen MR) is 92.9 cm³/mol. The summed E-state index contributed by atoms with van der Waals surface area (Å²) in [6.07, 6.45) is 9.52. The van der Waals surface area contributed by atoms with E-state index in [0.29, 0.717) is 11.9 Å². The van der Waals surface area contributed by atoms with Crippen LogP contribution in [0.15, 0.2) is 30.7 Å². The van der Waals surface area contributed by atoms with Crippen LogP contribution < -0.4 is 9.80 Å². The Hall–Kier alpha value is -2.50. The molecule has 1 atom stereocenters. The van der Waals surface area contributed by atoms with Crippen molar-refractivity contribution in [2.75, 3.05) is 16.8 Å². The first-order chi connectivity index (χ1) is 11.7. The van der Waals surface area contributed by atoms with Gasteiger partial charge in [-0.1, -0.05) is 6.92 Å². The standard InChI is InChI=1S/C18H21N5O/c1-3-14-18(24)22(2)15-11-20-16(12-7-9-19-10-8-12)21-17(15)23(14)13-5-4-6-13/h7-11,13-14H,3-6H2,1-2H3/t14-/m1/s1. The van der Waals surface area contributed by atoms with Gasteiger partial charge in [-0.25, -0.2) is 9.97 Å². The number of carbonyl (C=O) groups is 1. The summed E-state index contributed by atoms with van der Waals surface area (Å²) in [6, 6.07) is 4.09. The quantitative estimate of drug-likeness (QED) is 0.869. The van der Waals surface area contributed by atoms with Crippen molar-refractivity contribution >= 4 is 17.4 Å². The van der Waals surface area contributed by atoms with Crippen molar-refractivity contribution in [3.8, 4) is 11.4 Å². The van der Waals surface area contributed by atoms with Gasteiger partial charge in [0.15, 0.2) is 11.6 Å². The maximum absolute atomic E-state index is 12.7. The van der Waals surface area contributed by atoms with Crippen molar-refractivity contribution in [3.63, 3.8) is 0 Å². The van der Waals surface area contributed by atoms with Gasteiger partial charge in [0.05, 0.1) is 6.20 Å². The summed E-state index contributed by atoms with van der Waals surface area (Å²) < 4.78 is 0. The molecule has 0 bridgehead atoms. The molecule has 0 aromatic carbocycles. The third-order valence-corrected chi connectivity index (χ3v) is 5.10. The lowest BCUT2D eigenvalue weighted by molar-refractivity contribution is -0.120. The highest BCUT2D eigenvalue weighted by molar-refractivity contribution is 6.04. The zero-order valence-electron chi connectivity index (χ0n) is 14.0. The average Bonchev–Trinajstić information content (AvgIpc) is 2.58. The summed E-state index contributed by atoms with van der Waals surface area (Å²) in [5.41, 5.74) is 1.74. The van der Waals surface area contributed by atoms with Gasteiger partial charge in [0.2, 0.25) is 5.91 Å². The van der Waals surface area contributed by atoms with E-state index >= 15 is 0 Å². The number of hydrogen-bond donors (Lipinski definition) is 0. The maximum atomic E-state index is 12.7. The molecule has 6 heteroatoms. The largest absolute Gasteiger partial charge is 0.340 e. The maximum Gasteiger partial charge on any atom is 0.249 e. The SMILES string of the molecule is CC[C@@H]1C(=O)N(C)c2cnc(-c3ccncc3)nc2N1C1CCC1. The Morgan fingerprint density at radius 1 is 1.25 bits per heavy atom. The number of carbonyl (C=O) groups excluding carboxylic acids is 1. The van der Waals surface area contributed by atoms with Gasteiger partial charge in [-0.05, 0) is 37.8 Å². The molecule has 1 aliphatic carbocycles. The van der Waals surface area contributed by atoms with Crippen LogP contribution in [0.1, 0.15) is 32.6 Å². The van der Waals surface area contributed by atoms with Crippen LogP contribution in [0.3, 0.4) is 0 Å². The number of pyridine rings is 1. The van der Waals surface area contributed by atoms with Crippen LogP contribution in [-0.2, 0) is 4.79 Å². The van der Waals surface area contributed by atoms with E-state index in [1.165, 1.54) is 6.42 Å². The first-order valence-corrected chi connectivity index (χ1v) is 8.54. The summed E-state index contributed by atoms with van der Waals surface area (Å²) in [5, 5.41) is 0. The Bertz CT molecular complexity index is 759. The fourth-order valence-electron chi connectivity index (χ4n) is 3.51. The number of likely N-dealkylation sites (N-methyl/N-ethyl adjacent to an activating group) is 1. The predicted octanol–water partition coefficient (Wildman–Crippen LogP) is 2.65. The lowest BCUT2D eigenvalue weighted by atomic mass is 9.88. The minimum atomic E-state index is -0.131. The van der Waals surface area contributed by atoms with Crippen LogP contribution >= 0.6 is 0 Å². The van der Waals surface area contributed by atoms with Gasteiger partial charge < -0.3 is 9.80 Å². The highest BCUT2D eigenvalue weighted by Gasteiger charge is 2.42. The highest BCUT2D eigenvalue weighted by Crippen LogP contribution is 2.40. The number of anilines is 2. The van der Waals surface area contributed by atoms with Crippen LogP contribution in [0.2, 0.25) is 0 Å². The molecule has 4 rings (SSSR count). The molecule has 0 radical (unpaired) electrons. The molecule has 24 heavy (non-hydrogen) atoms. The minimum absolute atomic E-state index is 0.131. The highest BCUT2D eigenvalue weighted by atomic mass is 16.2. The lowest BCUT2D eigenvalue weighted by Gasteiger charge is -2.47. The Balaban J connectivity index is 1.84. The average molecular weight is 323 g/mol. The van der Waals surface area contributed by atoms with Crippen molar-refractivity contribution in [1.82, 2.24) is 15.0 Å². The van der Waals surface area contributed by atoms with Gasteiger partial charge in [0.25, 0.3) is 0 Å². The van der Waals surface area contributed by atoms with E-state index in [9.17, 15) is 4.79 Å². The molecule has 2 aromatic rings. The Morgan fingerprint density at radius 3 is 2.62 bits per heavy atom. The van der Waals surface area contributed by atoms with Gasteiger partial charge in [-0.3, -0.25) is 9.78 Å². The zero-order chi connectivity index (χ0) is 16.7. The molecule has 1 amide bonds. The van der Waals surface area contributed by atoms with E-state index in [1.54, 1.807) is 23.5 Å². The van der Waals surface area contributed by atoms with Gasteiger partial charge in [0, 0.05) is 31.0 Å². The fourth-order valence-corrected chi connectivity index (χ4v) is 3.51. The molecule has 2 aliphatic rings. The van der Waals surface area contributed by atoms with Crippen LogP contribution in [-0.4, -0.2) is 40.0 Å². The van der Waals surface area contributed by atoms with Gasteiger partial charge >= 0.3 is 0 Å². The van der Waals surface area contributed by atoms with E-state index in [0.717, 1.165) is 36.3 Å². The molecule has 0 unspecified atom stereocenters. The second kappa shape index (κ2) is 5.85. The first kappa shape index (κ1) is 15.1. The van der Waals surface area contributed by atoms with E-state index in [2.05, 4.69) is 21.8 Å². The van der Waals surface area contributed by atoms with E-state index in [1.807, 2.05) is 19.2 Å². The molecule has 6 nitrogen and oxygen atoms in total. The third-order valence-electron chi connectivity index (χ3n) is 5.10. The smallest absolute Gasteiger partial charge is 0.249 e. The van der Waals surface area contributed by atoms with Gasteiger partial charge in [-0.15, -0.1) is 0 Å². The summed E-state index contributed by atoms with van der Waals surface area (Å²) in [4.78, 5) is 30.1. The summed E-state index contributed by atoms with van der Waals surface area (Å²) in [7, 11) is 1.82. The molecule has 2 aromatic heterocycles. The van der Waals surface area contributed by atoms with Crippen molar-refractivity contribution in [2.24, 2.45) is 0 Å². The Morgan fingerprint density at radius 2 is 2.00 bits per heavy atom. The molecule has 0 spiro atoms.